The predicted octanol–water partition coefficient (Wildman–Crippen LogP) is -1.19. The number of rotatable bonds is 2. The lowest BCUT2D eigenvalue weighted by molar-refractivity contribution is -0.00000319. The first-order valence-electron chi connectivity index (χ1n) is 4.16. The number of hydrogen-bond acceptors (Lipinski definition) is 3. The number of hydrogen-bond donors (Lipinski definition) is 0. The van der Waals surface area contributed by atoms with E-state index < -0.39 is 0 Å². The molecule has 1 aromatic carbocycles. The molecule has 0 saturated carbocycles. The highest BCUT2D eigenvalue weighted by molar-refractivity contribution is 5.44. The molecular formula is C9H8ClN5. The summed E-state index contributed by atoms with van der Waals surface area (Å²) in [6, 6.07) is 7.26. The van der Waals surface area contributed by atoms with Gasteiger partial charge in [0.25, 0.3) is 0 Å². The monoisotopic (exact) mass is 221 g/mol. The minimum absolute atomic E-state index is 0. The van der Waals surface area contributed by atoms with E-state index in [0.29, 0.717) is 12.2 Å². The summed E-state index contributed by atoms with van der Waals surface area (Å²) in [5.41, 5.74) is 1.63. The fraction of sp³-hybridized carbons (Fsp3) is 0.111. The molecule has 15 heavy (non-hydrogen) atoms. The Morgan fingerprint density at radius 3 is 2.53 bits per heavy atom. The molecule has 1 heterocycles. The van der Waals surface area contributed by atoms with Crippen molar-refractivity contribution in [2.24, 2.45) is 0 Å². The van der Waals surface area contributed by atoms with Gasteiger partial charge in [0, 0.05) is 18.3 Å². The average molecular weight is 222 g/mol. The van der Waals surface area contributed by atoms with E-state index in [-0.39, 0.29) is 12.4 Å². The van der Waals surface area contributed by atoms with Crippen LogP contribution in [0.5, 0.6) is 0 Å². The van der Waals surface area contributed by atoms with Gasteiger partial charge in [-0.25, -0.2) is 4.68 Å². The highest BCUT2D eigenvalue weighted by Crippen LogP contribution is 2.12. The molecule has 0 amide bonds. The zero-order chi connectivity index (χ0) is 9.80. The van der Waals surface area contributed by atoms with Crippen molar-refractivity contribution in [2.45, 2.75) is 6.54 Å². The number of aromatic nitrogens is 3. The lowest BCUT2D eigenvalue weighted by Gasteiger charge is -1.98. The van der Waals surface area contributed by atoms with Gasteiger partial charge in [-0.05, 0) is 17.7 Å². The van der Waals surface area contributed by atoms with Gasteiger partial charge in [0.05, 0.1) is 12.7 Å². The molecule has 0 aliphatic rings. The van der Waals surface area contributed by atoms with E-state index in [1.807, 2.05) is 12.1 Å². The molecule has 0 spiro atoms. The largest absolute Gasteiger partial charge is 1.00 e. The van der Waals surface area contributed by atoms with Crippen LogP contribution in [0.25, 0.3) is 4.98 Å². The number of halogens is 1. The van der Waals surface area contributed by atoms with Crippen molar-refractivity contribution in [1.82, 2.24) is 15.0 Å². The Kier molecular flexibility index (Phi) is 3.77. The molecule has 0 N–H and O–H groups in total. The van der Waals surface area contributed by atoms with E-state index >= 15 is 0 Å². The zero-order valence-corrected chi connectivity index (χ0v) is 8.54. The zero-order valence-electron chi connectivity index (χ0n) is 7.79. The fourth-order valence-electron chi connectivity index (χ4n) is 1.17. The molecule has 0 aliphatic carbocycles. The number of diazo groups is 1. The standard InChI is InChI=1S/C9H8N5.ClH/c10-12-9-3-1-8(2-4-9)7-14-6-5-11-13-14;/h1-6H,7H2;1H/q+1;/p-1. The van der Waals surface area contributed by atoms with Crippen molar-refractivity contribution < 1.29 is 12.4 Å². The summed E-state index contributed by atoms with van der Waals surface area (Å²) in [6.45, 7) is 0.672. The second-order valence-electron chi connectivity index (χ2n) is 2.87. The Labute approximate surface area is 92.8 Å². The normalized spacial score (nSPS) is 9.00. The summed E-state index contributed by atoms with van der Waals surface area (Å²) in [5.74, 6) is 0. The molecule has 0 fully saturated rings. The Morgan fingerprint density at radius 1 is 1.27 bits per heavy atom. The molecule has 5 nitrogen and oxygen atoms in total. The average Bonchev–Trinajstić information content (AvgIpc) is 2.72. The Hall–Kier alpha value is -1.93. The Morgan fingerprint density at radius 2 is 2.00 bits per heavy atom. The minimum atomic E-state index is 0. The van der Waals surface area contributed by atoms with Gasteiger partial charge in [-0.3, -0.25) is 0 Å². The maximum Gasteiger partial charge on any atom is 0.385 e. The summed E-state index contributed by atoms with van der Waals surface area (Å²) in [4.78, 5) is 3.07. The third-order valence-electron chi connectivity index (χ3n) is 1.87. The van der Waals surface area contributed by atoms with Crippen molar-refractivity contribution in [1.29, 1.82) is 5.39 Å². The molecule has 6 heteroatoms. The smallest absolute Gasteiger partial charge is 0.385 e. The molecule has 0 aliphatic heterocycles. The lowest BCUT2D eigenvalue weighted by Crippen LogP contribution is -3.00. The first-order valence-corrected chi connectivity index (χ1v) is 4.16. The van der Waals surface area contributed by atoms with E-state index in [1.165, 1.54) is 0 Å². The molecule has 0 radical (unpaired) electrons. The maximum absolute atomic E-state index is 8.48. The van der Waals surface area contributed by atoms with E-state index in [9.17, 15) is 0 Å². The minimum Gasteiger partial charge on any atom is -1.00 e. The van der Waals surface area contributed by atoms with Crippen LogP contribution in [0, 0.1) is 5.39 Å². The molecule has 1 aromatic heterocycles. The molecule has 76 valence electrons. The molecule has 0 atom stereocenters. The quantitative estimate of drug-likeness (QED) is 0.600. The summed E-state index contributed by atoms with van der Waals surface area (Å²) in [7, 11) is 0. The van der Waals surface area contributed by atoms with Gasteiger partial charge in [-0.2, -0.15) is 0 Å². The third-order valence-corrected chi connectivity index (χ3v) is 1.87. The van der Waals surface area contributed by atoms with Crippen LogP contribution in [-0.4, -0.2) is 15.0 Å². The van der Waals surface area contributed by atoms with Crippen LogP contribution in [0.1, 0.15) is 5.56 Å². The molecule has 2 rings (SSSR count). The summed E-state index contributed by atoms with van der Waals surface area (Å²) in [6.07, 6.45) is 3.43. The molecule has 0 saturated heterocycles. The van der Waals surface area contributed by atoms with Crippen LogP contribution in [0.3, 0.4) is 0 Å². The second kappa shape index (κ2) is 5.08. The van der Waals surface area contributed by atoms with Gasteiger partial charge in [0.1, 0.15) is 0 Å². The van der Waals surface area contributed by atoms with Gasteiger partial charge in [-0.1, -0.05) is 5.21 Å². The third kappa shape index (κ3) is 2.76. The van der Waals surface area contributed by atoms with E-state index in [4.69, 9.17) is 5.39 Å². The highest BCUT2D eigenvalue weighted by atomic mass is 35.5. The van der Waals surface area contributed by atoms with Crippen molar-refractivity contribution in [3.63, 3.8) is 0 Å². The van der Waals surface area contributed by atoms with Gasteiger partial charge < -0.3 is 12.4 Å². The fourth-order valence-corrected chi connectivity index (χ4v) is 1.17. The van der Waals surface area contributed by atoms with Gasteiger partial charge in [-0.15, -0.1) is 5.10 Å². The predicted molar refractivity (Wildman–Crippen MR) is 50.3 cm³/mol. The van der Waals surface area contributed by atoms with Gasteiger partial charge >= 0.3 is 5.69 Å². The SMILES string of the molecule is N#[N+]c1ccc(Cn2ccnn2)cc1.[Cl-]. The molecule has 0 bridgehead atoms. The van der Waals surface area contributed by atoms with Crippen LogP contribution in [0.2, 0.25) is 0 Å². The van der Waals surface area contributed by atoms with Crippen LogP contribution in [0.4, 0.5) is 5.69 Å². The van der Waals surface area contributed by atoms with Crippen molar-refractivity contribution in [3.05, 3.63) is 47.2 Å². The maximum atomic E-state index is 8.48. The van der Waals surface area contributed by atoms with E-state index in [1.54, 1.807) is 29.2 Å². The first kappa shape index (κ1) is 11.1. The second-order valence-corrected chi connectivity index (χ2v) is 2.87. The van der Waals surface area contributed by atoms with Gasteiger partial charge in [0.15, 0.2) is 4.98 Å². The van der Waals surface area contributed by atoms with Crippen LogP contribution < -0.4 is 12.4 Å². The summed E-state index contributed by atoms with van der Waals surface area (Å²) < 4.78 is 1.73. The summed E-state index contributed by atoms with van der Waals surface area (Å²) in [5, 5.41) is 16.0. The first-order chi connectivity index (χ1) is 6.88. The molecule has 0 unspecified atom stereocenters. The highest BCUT2D eigenvalue weighted by Gasteiger charge is 2.02. The Balaban J connectivity index is 0.00000112. The van der Waals surface area contributed by atoms with Crippen LogP contribution in [0.15, 0.2) is 36.7 Å². The van der Waals surface area contributed by atoms with Crippen LogP contribution in [-0.2, 0) is 6.54 Å². The van der Waals surface area contributed by atoms with Gasteiger partial charge in [0.2, 0.25) is 5.39 Å². The topological polar surface area (TPSA) is 58.9 Å². The van der Waals surface area contributed by atoms with E-state index in [0.717, 1.165) is 5.56 Å². The van der Waals surface area contributed by atoms with Crippen molar-refractivity contribution in [3.8, 4) is 0 Å². The number of nitrogens with zero attached hydrogens (tertiary/aromatic N) is 5. The van der Waals surface area contributed by atoms with Crippen molar-refractivity contribution in [2.75, 3.05) is 0 Å². The molecular weight excluding hydrogens is 214 g/mol. The lowest BCUT2D eigenvalue weighted by atomic mass is 10.2. The number of benzene rings is 1. The molecule has 2 aromatic rings. The Bertz CT molecular complexity index is 442. The summed E-state index contributed by atoms with van der Waals surface area (Å²) >= 11 is 0. The van der Waals surface area contributed by atoms with E-state index in [2.05, 4.69) is 15.3 Å². The van der Waals surface area contributed by atoms with Crippen molar-refractivity contribution >= 4 is 5.69 Å². The van der Waals surface area contributed by atoms with Crippen LogP contribution >= 0.6 is 0 Å².